The number of nitrogens with zero attached hydrogens (tertiary/aromatic N) is 2. The van der Waals surface area contributed by atoms with Crippen LogP contribution < -0.4 is 22.1 Å². The van der Waals surface area contributed by atoms with Crippen LogP contribution in [0.2, 0.25) is 0 Å². The highest BCUT2D eigenvalue weighted by Gasteiger charge is 2.17. The van der Waals surface area contributed by atoms with Crippen LogP contribution in [-0.4, -0.2) is 43.7 Å². The monoisotopic (exact) mass is 459 g/mol. The maximum atomic E-state index is 12.6. The van der Waals surface area contributed by atoms with E-state index in [1.807, 2.05) is 36.4 Å². The molecule has 0 aliphatic heterocycles. The lowest BCUT2D eigenvalue weighted by Gasteiger charge is -2.19. The first-order valence-corrected chi connectivity index (χ1v) is 10.7. The van der Waals surface area contributed by atoms with Gasteiger partial charge in [-0.1, -0.05) is 42.5 Å². The number of hydrogen-bond acceptors (Lipinski definition) is 7. The second kappa shape index (κ2) is 11.6. The molecule has 1 aromatic carbocycles. The standard InChI is InChI=1S/C25H29N7O2/c1-29-13-16-8-9-18(11-19(26)10-16)24(28)20-14-30-23(12-21(20)27)32-25(33)31-22(15-34-2)17-6-4-3-5-7-17/h3-9,11-14,22,28H,10,15,26H2,1-2H3,(H4,27,30,31,32,33)/t22-/m1/s1. The van der Waals surface area contributed by atoms with Crippen LogP contribution in [0.1, 0.15) is 23.6 Å². The number of pyridine rings is 1. The van der Waals surface area contributed by atoms with Gasteiger partial charge in [0.2, 0.25) is 0 Å². The zero-order valence-corrected chi connectivity index (χ0v) is 19.2. The zero-order valence-electron chi connectivity index (χ0n) is 19.2. The first-order valence-electron chi connectivity index (χ1n) is 10.7. The highest BCUT2D eigenvalue weighted by molar-refractivity contribution is 6.15. The number of methoxy groups -OCH3 is 1. The number of nitrogen functional groups attached to an aromatic ring is 1. The van der Waals surface area contributed by atoms with Crippen molar-refractivity contribution in [1.82, 2.24) is 10.3 Å². The minimum Gasteiger partial charge on any atom is -0.402 e. The Kier molecular flexibility index (Phi) is 8.31. The van der Waals surface area contributed by atoms with Crippen molar-refractivity contribution in [3.8, 4) is 0 Å². The molecule has 1 aliphatic carbocycles. The Morgan fingerprint density at radius 2 is 2.06 bits per heavy atom. The maximum Gasteiger partial charge on any atom is 0.320 e. The molecule has 0 saturated carbocycles. The van der Waals surface area contributed by atoms with E-state index in [1.54, 1.807) is 32.5 Å². The lowest BCUT2D eigenvalue weighted by Crippen LogP contribution is -2.35. The third kappa shape index (κ3) is 6.39. The molecule has 3 rings (SSSR count). The second-order valence-corrected chi connectivity index (χ2v) is 7.70. The minimum absolute atomic E-state index is 0.180. The fraction of sp³-hybridized carbons (Fsp3) is 0.200. The molecule has 9 nitrogen and oxygen atoms in total. The Bertz CT molecular complexity index is 1170. The lowest BCUT2D eigenvalue weighted by atomic mass is 10.0. The van der Waals surface area contributed by atoms with E-state index in [-0.39, 0.29) is 17.6 Å². The first kappa shape index (κ1) is 24.4. The average molecular weight is 460 g/mol. The van der Waals surface area contributed by atoms with Gasteiger partial charge in [-0.05, 0) is 17.2 Å². The summed E-state index contributed by atoms with van der Waals surface area (Å²) in [4.78, 5) is 20.8. The number of anilines is 2. The molecule has 9 heteroatoms. The Morgan fingerprint density at radius 3 is 2.74 bits per heavy atom. The number of ether oxygens (including phenoxy) is 1. The number of carbonyl (C=O) groups is 1. The number of urea groups is 1. The van der Waals surface area contributed by atoms with Crippen LogP contribution in [-0.2, 0) is 4.74 Å². The zero-order chi connectivity index (χ0) is 24.5. The number of rotatable bonds is 8. The summed E-state index contributed by atoms with van der Waals surface area (Å²) in [6.07, 6.45) is 9.17. The van der Waals surface area contributed by atoms with E-state index in [0.29, 0.717) is 35.5 Å². The van der Waals surface area contributed by atoms with Gasteiger partial charge < -0.3 is 21.5 Å². The molecule has 2 amide bonds. The number of allylic oxidation sites excluding steroid dienone is 5. The van der Waals surface area contributed by atoms with Gasteiger partial charge in [-0.15, -0.1) is 0 Å². The Morgan fingerprint density at radius 1 is 1.29 bits per heavy atom. The molecule has 0 unspecified atom stereocenters. The minimum atomic E-state index is -0.446. The van der Waals surface area contributed by atoms with Gasteiger partial charge in [0.25, 0.3) is 0 Å². The number of aliphatic imine (C=N–C) groups is 1. The van der Waals surface area contributed by atoms with E-state index in [1.165, 1.54) is 12.3 Å². The van der Waals surface area contributed by atoms with Crippen molar-refractivity contribution in [1.29, 1.82) is 5.41 Å². The van der Waals surface area contributed by atoms with Gasteiger partial charge in [0.05, 0.1) is 18.4 Å². The van der Waals surface area contributed by atoms with Crippen molar-refractivity contribution in [3.63, 3.8) is 0 Å². The average Bonchev–Trinajstić information content (AvgIpc) is 3.00. The Labute approximate surface area is 198 Å². The van der Waals surface area contributed by atoms with E-state index in [4.69, 9.17) is 21.6 Å². The van der Waals surface area contributed by atoms with Gasteiger partial charge in [-0.25, -0.2) is 9.78 Å². The fourth-order valence-corrected chi connectivity index (χ4v) is 3.49. The van der Waals surface area contributed by atoms with Crippen LogP contribution in [0.5, 0.6) is 0 Å². The van der Waals surface area contributed by atoms with Crippen LogP contribution in [0, 0.1) is 5.41 Å². The number of nitrogens with two attached hydrogens (primary N) is 2. The Hall–Kier alpha value is -4.24. The number of carbonyl (C=O) groups excluding carboxylic acids is 1. The lowest BCUT2D eigenvalue weighted by molar-refractivity contribution is 0.168. The number of nitrogens with one attached hydrogen (secondary N) is 3. The topological polar surface area (TPSA) is 152 Å². The fourth-order valence-electron chi connectivity index (χ4n) is 3.49. The van der Waals surface area contributed by atoms with Crippen molar-refractivity contribution in [2.24, 2.45) is 10.7 Å². The summed E-state index contributed by atoms with van der Waals surface area (Å²) >= 11 is 0. The van der Waals surface area contributed by atoms with Crippen molar-refractivity contribution >= 4 is 29.5 Å². The summed E-state index contributed by atoms with van der Waals surface area (Å²) in [6.45, 7) is 0.315. The first-order chi connectivity index (χ1) is 16.4. The van der Waals surface area contributed by atoms with Crippen molar-refractivity contribution in [2.45, 2.75) is 12.5 Å². The molecule has 0 bridgehead atoms. The molecule has 7 N–H and O–H groups in total. The molecular weight excluding hydrogens is 430 g/mol. The summed E-state index contributed by atoms with van der Waals surface area (Å²) in [6, 6.07) is 10.3. The van der Waals surface area contributed by atoms with E-state index in [9.17, 15) is 4.79 Å². The number of benzene rings is 1. The van der Waals surface area contributed by atoms with E-state index in [0.717, 1.165) is 11.1 Å². The van der Waals surface area contributed by atoms with Gasteiger partial charge in [0.1, 0.15) is 5.82 Å². The molecule has 176 valence electrons. The molecule has 0 spiro atoms. The summed E-state index contributed by atoms with van der Waals surface area (Å²) in [5, 5.41) is 14.2. The van der Waals surface area contributed by atoms with E-state index >= 15 is 0 Å². The molecule has 1 aliphatic rings. The predicted octanol–water partition coefficient (Wildman–Crippen LogP) is 3.34. The van der Waals surface area contributed by atoms with Crippen molar-refractivity contribution < 1.29 is 9.53 Å². The van der Waals surface area contributed by atoms with Crippen LogP contribution in [0.25, 0.3) is 0 Å². The second-order valence-electron chi connectivity index (χ2n) is 7.70. The van der Waals surface area contributed by atoms with E-state index < -0.39 is 6.03 Å². The normalized spacial score (nSPS) is 14.5. The quantitative estimate of drug-likeness (QED) is 0.383. The van der Waals surface area contributed by atoms with E-state index in [2.05, 4.69) is 20.6 Å². The highest BCUT2D eigenvalue weighted by atomic mass is 16.5. The molecule has 0 radical (unpaired) electrons. The molecule has 0 fully saturated rings. The molecule has 1 atom stereocenters. The van der Waals surface area contributed by atoms with Crippen LogP contribution in [0.4, 0.5) is 16.3 Å². The SMILES string of the molecule is CN=CC1=CC=C(C(=N)c2cnc(NC(=O)N[C@H](COC)c3ccccc3)cc2N)C=C(N)C1. The molecule has 0 saturated heterocycles. The molecule has 2 aromatic rings. The summed E-state index contributed by atoms with van der Waals surface area (Å²) in [7, 11) is 3.27. The molecule has 1 heterocycles. The van der Waals surface area contributed by atoms with Crippen molar-refractivity contribution in [2.75, 3.05) is 31.8 Å². The summed E-state index contributed by atoms with van der Waals surface area (Å²) in [5.74, 6) is 0.266. The smallest absolute Gasteiger partial charge is 0.320 e. The molecular formula is C25H29N7O2. The van der Waals surface area contributed by atoms with Crippen LogP contribution >= 0.6 is 0 Å². The summed E-state index contributed by atoms with van der Waals surface area (Å²) in [5.41, 5.74) is 16.3. The largest absolute Gasteiger partial charge is 0.402 e. The molecule has 34 heavy (non-hydrogen) atoms. The summed E-state index contributed by atoms with van der Waals surface area (Å²) < 4.78 is 5.23. The third-order valence-corrected chi connectivity index (χ3v) is 5.10. The van der Waals surface area contributed by atoms with Crippen molar-refractivity contribution in [3.05, 3.63) is 88.8 Å². The van der Waals surface area contributed by atoms with Gasteiger partial charge in [0, 0.05) is 61.6 Å². The van der Waals surface area contributed by atoms with Gasteiger partial charge in [-0.2, -0.15) is 0 Å². The van der Waals surface area contributed by atoms with Gasteiger partial charge >= 0.3 is 6.03 Å². The van der Waals surface area contributed by atoms with Gasteiger partial charge in [-0.3, -0.25) is 15.7 Å². The molecule has 1 aromatic heterocycles. The Balaban J connectivity index is 1.73. The third-order valence-electron chi connectivity index (χ3n) is 5.10. The highest BCUT2D eigenvalue weighted by Crippen LogP contribution is 2.22. The number of hydrogen-bond donors (Lipinski definition) is 5. The number of aromatic nitrogens is 1. The number of amides is 2. The van der Waals surface area contributed by atoms with Crippen LogP contribution in [0.3, 0.4) is 0 Å². The van der Waals surface area contributed by atoms with Gasteiger partial charge in [0.15, 0.2) is 0 Å². The maximum absolute atomic E-state index is 12.6. The van der Waals surface area contributed by atoms with Crippen LogP contribution in [0.15, 0.2) is 82.7 Å². The predicted molar refractivity (Wildman–Crippen MR) is 136 cm³/mol.